The van der Waals surface area contributed by atoms with Crippen molar-refractivity contribution >= 4 is 33.3 Å². The number of anilines is 1. The third kappa shape index (κ3) is 6.88. The van der Waals surface area contributed by atoms with Crippen LogP contribution in [0.15, 0.2) is 53.4 Å². The molecule has 2 amide bonds. The van der Waals surface area contributed by atoms with Crippen LogP contribution in [-0.4, -0.2) is 51.0 Å². The Hall–Kier alpha value is -2.24. The number of urea groups is 1. The highest BCUT2D eigenvalue weighted by Gasteiger charge is 2.33. The maximum atomic E-state index is 12.9. The third-order valence-electron chi connectivity index (χ3n) is 5.08. The van der Waals surface area contributed by atoms with Gasteiger partial charge in [0.05, 0.1) is 29.8 Å². The summed E-state index contributed by atoms with van der Waals surface area (Å²) in [5.74, 6) is -0.391. The number of benzene rings is 2. The van der Waals surface area contributed by atoms with E-state index in [2.05, 4.69) is 15.4 Å². The number of ether oxygens (including phenoxy) is 1. The van der Waals surface area contributed by atoms with Gasteiger partial charge in [-0.05, 0) is 67.8 Å². The number of rotatable bonds is 8. The topological polar surface area (TPSA) is 117 Å². The summed E-state index contributed by atoms with van der Waals surface area (Å²) in [5.41, 5.74) is 0.467. The van der Waals surface area contributed by atoms with Crippen LogP contribution in [0, 0.1) is 5.82 Å². The first kappa shape index (κ1) is 24.4. The van der Waals surface area contributed by atoms with Crippen LogP contribution < -0.4 is 15.4 Å². The Bertz CT molecular complexity index is 1010. The Labute approximate surface area is 191 Å². The zero-order chi connectivity index (χ0) is 23.1. The second-order valence-corrected chi connectivity index (χ2v) is 9.57. The number of nitrogens with one attached hydrogen (secondary N) is 3. The van der Waals surface area contributed by atoms with Gasteiger partial charge in [0.2, 0.25) is 10.0 Å². The fourth-order valence-corrected chi connectivity index (χ4v) is 4.84. The fourth-order valence-electron chi connectivity index (χ4n) is 3.42. The van der Waals surface area contributed by atoms with Crippen molar-refractivity contribution in [1.29, 1.82) is 0 Å². The second kappa shape index (κ2) is 11.1. The predicted molar refractivity (Wildman–Crippen MR) is 119 cm³/mol. The molecule has 2 aromatic rings. The third-order valence-corrected chi connectivity index (χ3v) is 6.84. The molecule has 4 N–H and O–H groups in total. The van der Waals surface area contributed by atoms with Crippen molar-refractivity contribution in [2.45, 2.75) is 42.4 Å². The van der Waals surface area contributed by atoms with Crippen LogP contribution in [0.3, 0.4) is 0 Å². The number of sulfonamides is 1. The predicted octanol–water partition coefficient (Wildman–Crippen LogP) is 2.88. The molecule has 1 fully saturated rings. The zero-order valence-corrected chi connectivity index (χ0v) is 18.7. The van der Waals surface area contributed by atoms with Gasteiger partial charge in [-0.3, -0.25) is 0 Å². The molecule has 2 aromatic carbocycles. The van der Waals surface area contributed by atoms with Crippen LogP contribution in [0.2, 0.25) is 5.02 Å². The normalized spacial score (nSPS) is 21.2. The molecule has 0 radical (unpaired) electrons. The van der Waals surface area contributed by atoms with Crippen LogP contribution in [0.4, 0.5) is 14.9 Å². The summed E-state index contributed by atoms with van der Waals surface area (Å²) >= 11 is 5.81. The van der Waals surface area contributed by atoms with Gasteiger partial charge in [0.1, 0.15) is 5.82 Å². The summed E-state index contributed by atoms with van der Waals surface area (Å²) in [7, 11) is -3.79. The number of aliphatic hydroxyl groups is 1. The fraction of sp³-hybridized carbons (Fsp3) is 0.381. The highest BCUT2D eigenvalue weighted by Crippen LogP contribution is 2.24. The Morgan fingerprint density at radius 2 is 1.81 bits per heavy atom. The van der Waals surface area contributed by atoms with Crippen LogP contribution >= 0.6 is 11.6 Å². The molecule has 8 nitrogen and oxygen atoms in total. The maximum Gasteiger partial charge on any atom is 0.319 e. The van der Waals surface area contributed by atoms with Gasteiger partial charge in [0.15, 0.2) is 0 Å². The summed E-state index contributed by atoms with van der Waals surface area (Å²) in [6.07, 6.45) is 0.582. The molecule has 1 aliphatic heterocycles. The van der Waals surface area contributed by atoms with Crippen molar-refractivity contribution in [3.8, 4) is 0 Å². The van der Waals surface area contributed by atoms with E-state index in [1.54, 1.807) is 0 Å². The van der Waals surface area contributed by atoms with E-state index >= 15 is 0 Å². The second-order valence-electron chi connectivity index (χ2n) is 7.41. The molecule has 0 unspecified atom stereocenters. The minimum atomic E-state index is -3.79. The van der Waals surface area contributed by atoms with Crippen molar-refractivity contribution in [3.63, 3.8) is 0 Å². The van der Waals surface area contributed by atoms with Gasteiger partial charge < -0.3 is 20.5 Å². The summed E-state index contributed by atoms with van der Waals surface area (Å²) in [5, 5.41) is 15.4. The SMILES string of the molecule is O=C(NCC[C@H]1CC[C@@H](NS(=O)(=O)c2ccc(Cl)cc2)[C@@H](CO)O1)Nc1ccc(F)cc1. The van der Waals surface area contributed by atoms with E-state index in [1.165, 1.54) is 48.5 Å². The highest BCUT2D eigenvalue weighted by molar-refractivity contribution is 7.89. The van der Waals surface area contributed by atoms with E-state index in [4.69, 9.17) is 16.3 Å². The van der Waals surface area contributed by atoms with E-state index in [0.717, 1.165) is 0 Å². The first-order valence-corrected chi connectivity index (χ1v) is 12.0. The van der Waals surface area contributed by atoms with Crippen LogP contribution in [0.25, 0.3) is 0 Å². The van der Waals surface area contributed by atoms with Gasteiger partial charge in [0, 0.05) is 17.3 Å². The molecule has 0 aromatic heterocycles. The Morgan fingerprint density at radius 1 is 1.12 bits per heavy atom. The van der Waals surface area contributed by atoms with Gasteiger partial charge in [-0.1, -0.05) is 11.6 Å². The van der Waals surface area contributed by atoms with Crippen LogP contribution in [-0.2, 0) is 14.8 Å². The molecule has 3 atom stereocenters. The van der Waals surface area contributed by atoms with Gasteiger partial charge in [-0.25, -0.2) is 22.3 Å². The van der Waals surface area contributed by atoms with Crippen molar-refractivity contribution in [1.82, 2.24) is 10.0 Å². The molecule has 0 aliphatic carbocycles. The van der Waals surface area contributed by atoms with Crippen LogP contribution in [0.1, 0.15) is 19.3 Å². The molecular weight excluding hydrogens is 461 g/mol. The number of hydrogen-bond donors (Lipinski definition) is 4. The lowest BCUT2D eigenvalue weighted by molar-refractivity contribution is -0.0871. The number of hydrogen-bond acceptors (Lipinski definition) is 5. The number of carbonyl (C=O) groups excluding carboxylic acids is 1. The molecule has 0 saturated carbocycles. The smallest absolute Gasteiger partial charge is 0.319 e. The highest BCUT2D eigenvalue weighted by atomic mass is 35.5. The van der Waals surface area contributed by atoms with E-state index in [0.29, 0.717) is 36.5 Å². The van der Waals surface area contributed by atoms with Crippen LogP contribution in [0.5, 0.6) is 0 Å². The summed E-state index contributed by atoms with van der Waals surface area (Å²) in [4.78, 5) is 12.0. The molecule has 0 spiro atoms. The van der Waals surface area contributed by atoms with Gasteiger partial charge in [-0.2, -0.15) is 0 Å². The molecule has 0 bridgehead atoms. The van der Waals surface area contributed by atoms with E-state index in [1.807, 2.05) is 0 Å². The first-order valence-electron chi connectivity index (χ1n) is 10.1. The molecule has 1 aliphatic rings. The molecular formula is C21H25ClFN3O5S. The molecule has 3 rings (SSSR count). The van der Waals surface area contributed by atoms with Gasteiger partial charge >= 0.3 is 6.03 Å². The molecule has 32 heavy (non-hydrogen) atoms. The van der Waals surface area contributed by atoms with Crippen molar-refractivity contribution in [2.24, 2.45) is 0 Å². The van der Waals surface area contributed by atoms with Gasteiger partial charge in [-0.15, -0.1) is 0 Å². The van der Waals surface area contributed by atoms with Gasteiger partial charge in [0.25, 0.3) is 0 Å². The summed E-state index contributed by atoms with van der Waals surface area (Å²) < 4.78 is 46.6. The molecule has 1 heterocycles. The Kier molecular flexibility index (Phi) is 8.44. The quantitative estimate of drug-likeness (QED) is 0.458. The number of amides is 2. The lowest BCUT2D eigenvalue weighted by Gasteiger charge is -2.36. The summed E-state index contributed by atoms with van der Waals surface area (Å²) in [6, 6.07) is 10.2. The van der Waals surface area contributed by atoms with E-state index in [9.17, 15) is 22.7 Å². The average molecular weight is 486 g/mol. The zero-order valence-electron chi connectivity index (χ0n) is 17.1. The minimum Gasteiger partial charge on any atom is -0.394 e. The minimum absolute atomic E-state index is 0.0806. The molecule has 174 valence electrons. The monoisotopic (exact) mass is 485 g/mol. The molecule has 1 saturated heterocycles. The van der Waals surface area contributed by atoms with Crippen molar-refractivity contribution in [2.75, 3.05) is 18.5 Å². The number of halogens is 2. The van der Waals surface area contributed by atoms with Crippen molar-refractivity contribution in [3.05, 3.63) is 59.4 Å². The summed E-state index contributed by atoms with van der Waals surface area (Å²) in [6.45, 7) is -0.0280. The first-order chi connectivity index (χ1) is 15.3. The van der Waals surface area contributed by atoms with Crippen molar-refractivity contribution < 1.29 is 27.4 Å². The standard InChI is InChI=1S/C21H25ClFN3O5S/c22-14-1-8-18(9-2-14)32(29,30)26-19-10-7-17(31-20(19)13-27)11-12-24-21(28)25-16-5-3-15(23)4-6-16/h1-6,8-9,17,19-20,26-27H,7,10-13H2,(H2,24,25,28)/t17-,19-,20-/m1/s1. The Morgan fingerprint density at radius 3 is 2.47 bits per heavy atom. The van der Waals surface area contributed by atoms with E-state index < -0.39 is 34.0 Å². The number of aliphatic hydroxyl groups excluding tert-OH is 1. The number of carbonyl (C=O) groups is 1. The lowest BCUT2D eigenvalue weighted by atomic mass is 9.98. The lowest BCUT2D eigenvalue weighted by Crippen LogP contribution is -2.51. The average Bonchev–Trinajstić information content (AvgIpc) is 2.76. The molecule has 11 heteroatoms. The maximum absolute atomic E-state index is 12.9. The van der Waals surface area contributed by atoms with E-state index in [-0.39, 0.29) is 17.6 Å². The Balaban J connectivity index is 1.46. The largest absolute Gasteiger partial charge is 0.394 e.